The second kappa shape index (κ2) is 3.19. The molecule has 11 heavy (non-hydrogen) atoms. The van der Waals surface area contributed by atoms with E-state index in [1.807, 2.05) is 6.92 Å². The highest BCUT2D eigenvalue weighted by molar-refractivity contribution is 5.79. The molecule has 4 heteroatoms. The van der Waals surface area contributed by atoms with Crippen molar-refractivity contribution in [2.24, 2.45) is 11.5 Å². The molecule has 1 aliphatic heterocycles. The van der Waals surface area contributed by atoms with Crippen LogP contribution in [0.1, 0.15) is 13.3 Å². The van der Waals surface area contributed by atoms with E-state index < -0.39 is 0 Å². The van der Waals surface area contributed by atoms with Gasteiger partial charge in [0, 0.05) is 31.6 Å². The van der Waals surface area contributed by atoms with Crippen molar-refractivity contribution in [2.45, 2.75) is 25.4 Å². The maximum absolute atomic E-state index is 11.1. The molecular formula is C7H15N3O. The van der Waals surface area contributed by atoms with Crippen molar-refractivity contribution < 1.29 is 4.79 Å². The number of nitrogens with two attached hydrogens (primary N) is 2. The quantitative estimate of drug-likeness (QED) is 0.534. The molecule has 0 aromatic rings. The maximum atomic E-state index is 11.1. The fourth-order valence-electron chi connectivity index (χ4n) is 1.33. The number of nitrogens with zero attached hydrogens (tertiary/aromatic N) is 1. The van der Waals surface area contributed by atoms with Gasteiger partial charge in [-0.3, -0.25) is 4.79 Å². The van der Waals surface area contributed by atoms with Gasteiger partial charge in [0.15, 0.2) is 0 Å². The second-order valence-electron chi connectivity index (χ2n) is 3.24. The van der Waals surface area contributed by atoms with Gasteiger partial charge >= 0.3 is 0 Å². The fourth-order valence-corrected chi connectivity index (χ4v) is 1.33. The molecule has 1 fully saturated rings. The first-order valence-electron chi connectivity index (χ1n) is 3.88. The van der Waals surface area contributed by atoms with Gasteiger partial charge < -0.3 is 16.4 Å². The first-order chi connectivity index (χ1) is 5.09. The minimum absolute atomic E-state index is 0.0150. The van der Waals surface area contributed by atoms with E-state index in [2.05, 4.69) is 0 Å². The number of hydrogen-bond donors (Lipinski definition) is 2. The minimum atomic E-state index is 0.0150. The van der Waals surface area contributed by atoms with E-state index >= 15 is 0 Å². The first-order valence-corrected chi connectivity index (χ1v) is 3.88. The Labute approximate surface area is 66.5 Å². The summed E-state index contributed by atoms with van der Waals surface area (Å²) in [6.07, 6.45) is 0.479. The van der Waals surface area contributed by atoms with E-state index in [0.29, 0.717) is 19.5 Å². The Morgan fingerprint density at radius 3 is 2.82 bits per heavy atom. The molecular weight excluding hydrogens is 142 g/mol. The van der Waals surface area contributed by atoms with E-state index in [-0.39, 0.29) is 18.0 Å². The lowest BCUT2D eigenvalue weighted by molar-refractivity contribution is -0.127. The lowest BCUT2D eigenvalue weighted by Gasteiger charge is -2.17. The van der Waals surface area contributed by atoms with Crippen LogP contribution in [0, 0.1) is 0 Å². The van der Waals surface area contributed by atoms with Gasteiger partial charge in [-0.15, -0.1) is 0 Å². The standard InChI is InChI=1S/C7H15N3O/c1-5(8)3-10-4-6(9)2-7(10)11/h5-6H,2-4,8-9H2,1H3. The number of rotatable bonds is 2. The van der Waals surface area contributed by atoms with Crippen LogP contribution < -0.4 is 11.5 Å². The Hall–Kier alpha value is -0.610. The normalized spacial score (nSPS) is 27.7. The van der Waals surface area contributed by atoms with E-state index in [1.54, 1.807) is 4.90 Å². The van der Waals surface area contributed by atoms with Gasteiger partial charge in [-0.05, 0) is 6.92 Å². The Kier molecular flexibility index (Phi) is 2.46. The Morgan fingerprint density at radius 2 is 2.45 bits per heavy atom. The van der Waals surface area contributed by atoms with Crippen molar-refractivity contribution in [3.63, 3.8) is 0 Å². The molecule has 0 saturated carbocycles. The van der Waals surface area contributed by atoms with Crippen molar-refractivity contribution in [1.29, 1.82) is 0 Å². The number of carbonyl (C=O) groups is 1. The van der Waals surface area contributed by atoms with Gasteiger partial charge in [-0.25, -0.2) is 0 Å². The lowest BCUT2D eigenvalue weighted by Crippen LogP contribution is -2.37. The fraction of sp³-hybridized carbons (Fsp3) is 0.857. The molecule has 4 nitrogen and oxygen atoms in total. The van der Waals surface area contributed by atoms with Crippen LogP contribution in [0.15, 0.2) is 0 Å². The highest BCUT2D eigenvalue weighted by Gasteiger charge is 2.26. The van der Waals surface area contributed by atoms with Gasteiger partial charge in [0.25, 0.3) is 0 Å². The summed E-state index contributed by atoms with van der Waals surface area (Å²) in [6.45, 7) is 3.18. The third-order valence-electron chi connectivity index (χ3n) is 1.75. The molecule has 1 heterocycles. The summed E-state index contributed by atoms with van der Waals surface area (Å²) in [7, 11) is 0. The highest BCUT2D eigenvalue weighted by atomic mass is 16.2. The van der Waals surface area contributed by atoms with Gasteiger partial charge in [0.2, 0.25) is 5.91 Å². The van der Waals surface area contributed by atoms with Crippen LogP contribution in [0.2, 0.25) is 0 Å². The molecule has 0 spiro atoms. The smallest absolute Gasteiger partial charge is 0.224 e. The molecule has 0 aliphatic carbocycles. The monoisotopic (exact) mass is 157 g/mol. The highest BCUT2D eigenvalue weighted by Crippen LogP contribution is 2.08. The zero-order valence-electron chi connectivity index (χ0n) is 6.79. The van der Waals surface area contributed by atoms with E-state index in [1.165, 1.54) is 0 Å². The Balaban J connectivity index is 2.41. The maximum Gasteiger partial charge on any atom is 0.224 e. The van der Waals surface area contributed by atoms with Crippen LogP contribution in [-0.4, -0.2) is 36.0 Å². The predicted octanol–water partition coefficient (Wildman–Crippen LogP) is -1.11. The average molecular weight is 157 g/mol. The zero-order valence-corrected chi connectivity index (χ0v) is 6.79. The van der Waals surface area contributed by atoms with E-state index in [9.17, 15) is 4.79 Å². The summed E-state index contributed by atoms with van der Waals surface area (Å²) >= 11 is 0. The molecule has 0 bridgehead atoms. The van der Waals surface area contributed by atoms with Crippen LogP contribution in [0.25, 0.3) is 0 Å². The SMILES string of the molecule is CC(N)CN1CC(N)CC1=O. The van der Waals surface area contributed by atoms with Crippen molar-refractivity contribution in [2.75, 3.05) is 13.1 Å². The summed E-state index contributed by atoms with van der Waals surface area (Å²) in [5, 5.41) is 0. The summed E-state index contributed by atoms with van der Waals surface area (Å²) in [5.74, 6) is 0.134. The summed E-state index contributed by atoms with van der Waals surface area (Å²) in [5.41, 5.74) is 11.1. The first kappa shape index (κ1) is 8.49. The van der Waals surface area contributed by atoms with Gasteiger partial charge in [-0.2, -0.15) is 0 Å². The van der Waals surface area contributed by atoms with E-state index in [4.69, 9.17) is 11.5 Å². The van der Waals surface area contributed by atoms with Crippen molar-refractivity contribution >= 4 is 5.91 Å². The third kappa shape index (κ3) is 2.17. The number of amides is 1. The molecule has 0 aromatic heterocycles. The van der Waals surface area contributed by atoms with Crippen LogP contribution >= 0.6 is 0 Å². The molecule has 1 aliphatic rings. The largest absolute Gasteiger partial charge is 0.340 e. The van der Waals surface area contributed by atoms with Crippen LogP contribution in [0.3, 0.4) is 0 Å². The molecule has 4 N–H and O–H groups in total. The molecule has 1 saturated heterocycles. The van der Waals surface area contributed by atoms with Crippen molar-refractivity contribution in [3.8, 4) is 0 Å². The average Bonchev–Trinajstić information content (AvgIpc) is 2.09. The number of carbonyl (C=O) groups excluding carboxylic acids is 1. The van der Waals surface area contributed by atoms with Crippen molar-refractivity contribution in [3.05, 3.63) is 0 Å². The molecule has 2 atom stereocenters. The molecule has 2 unspecified atom stereocenters. The van der Waals surface area contributed by atoms with Gasteiger partial charge in [0.05, 0.1) is 0 Å². The summed E-state index contributed by atoms with van der Waals surface area (Å²) < 4.78 is 0. The predicted molar refractivity (Wildman–Crippen MR) is 42.8 cm³/mol. The topological polar surface area (TPSA) is 72.3 Å². The molecule has 1 rings (SSSR count). The van der Waals surface area contributed by atoms with Crippen LogP contribution in [0.4, 0.5) is 0 Å². The minimum Gasteiger partial charge on any atom is -0.340 e. The summed E-state index contributed by atoms with van der Waals surface area (Å²) in [4.78, 5) is 12.8. The van der Waals surface area contributed by atoms with Gasteiger partial charge in [0.1, 0.15) is 0 Å². The molecule has 0 radical (unpaired) electrons. The van der Waals surface area contributed by atoms with Crippen molar-refractivity contribution in [1.82, 2.24) is 4.90 Å². The molecule has 0 aromatic carbocycles. The van der Waals surface area contributed by atoms with E-state index in [0.717, 1.165) is 0 Å². The third-order valence-corrected chi connectivity index (χ3v) is 1.75. The number of likely N-dealkylation sites (tertiary alicyclic amines) is 1. The van der Waals surface area contributed by atoms with Crippen LogP contribution in [-0.2, 0) is 4.79 Å². The van der Waals surface area contributed by atoms with Gasteiger partial charge in [-0.1, -0.05) is 0 Å². The molecule has 1 amide bonds. The lowest BCUT2D eigenvalue weighted by atomic mass is 10.3. The van der Waals surface area contributed by atoms with Crippen LogP contribution in [0.5, 0.6) is 0 Å². The summed E-state index contributed by atoms with van der Waals surface area (Å²) in [6, 6.07) is 0.0606. The Morgan fingerprint density at radius 1 is 1.82 bits per heavy atom. The number of hydrogen-bond acceptors (Lipinski definition) is 3. The Bertz CT molecular complexity index is 158. The zero-order chi connectivity index (χ0) is 8.43. The molecule has 64 valence electrons. The second-order valence-corrected chi connectivity index (χ2v) is 3.24.